The molecule has 7 heavy (non-hydrogen) atoms. The van der Waals surface area contributed by atoms with Gasteiger partial charge in [0.1, 0.15) is 5.78 Å². The van der Waals surface area contributed by atoms with Crippen molar-refractivity contribution in [2.24, 2.45) is 0 Å². The van der Waals surface area contributed by atoms with Crippen molar-refractivity contribution in [3.05, 3.63) is 0 Å². The Labute approximate surface area is 42.3 Å². The van der Waals surface area contributed by atoms with E-state index in [0.29, 0.717) is 0 Å². The molecular weight excluding hydrogens is 94.0 g/mol. The van der Waals surface area contributed by atoms with E-state index in [1.165, 1.54) is 6.92 Å². The van der Waals surface area contributed by atoms with Gasteiger partial charge < -0.3 is 5.21 Å². The van der Waals surface area contributed by atoms with E-state index < -0.39 is 6.04 Å². The molecule has 0 amide bonds. The molecule has 2 N–H and O–H groups in total. The third kappa shape index (κ3) is 2.31. The first-order chi connectivity index (χ1) is 3.18. The first-order valence-corrected chi connectivity index (χ1v) is 2.08. The Morgan fingerprint density at radius 3 is 2.29 bits per heavy atom. The Bertz CT molecular complexity index is 72.1. The van der Waals surface area contributed by atoms with Crippen LogP contribution in [-0.2, 0) is 4.79 Å². The number of carbonyl (C=O) groups excluding carboxylic acids is 1. The number of rotatable bonds is 2. The quantitative estimate of drug-likeness (QED) is 0.481. The predicted molar refractivity (Wildman–Crippen MR) is 25.1 cm³/mol. The maximum absolute atomic E-state index is 10.2. The van der Waals surface area contributed by atoms with Gasteiger partial charge in [0.25, 0.3) is 0 Å². The molecule has 0 aliphatic heterocycles. The highest BCUT2D eigenvalue weighted by molar-refractivity contribution is 5.80. The van der Waals surface area contributed by atoms with Crippen LogP contribution >= 0.6 is 0 Å². The number of nitrogens with one attached hydrogen (secondary N) is 1. The van der Waals surface area contributed by atoms with E-state index in [1.807, 2.05) is 5.48 Å². The molecule has 3 nitrogen and oxygen atoms in total. The van der Waals surface area contributed by atoms with Gasteiger partial charge in [-0.2, -0.15) is 5.48 Å². The number of hydroxylamine groups is 1. The smallest absolute Gasteiger partial charge is 0.148 e. The molecule has 0 aromatic carbocycles. The van der Waals surface area contributed by atoms with Gasteiger partial charge in [-0.25, -0.2) is 0 Å². The highest BCUT2D eigenvalue weighted by Crippen LogP contribution is 1.77. The molecule has 1 atom stereocenters. The molecule has 0 heterocycles. The summed E-state index contributed by atoms with van der Waals surface area (Å²) in [6.45, 7) is 3.00. The van der Waals surface area contributed by atoms with E-state index in [1.54, 1.807) is 6.92 Å². The van der Waals surface area contributed by atoms with Crippen LogP contribution in [0, 0.1) is 0 Å². The zero-order valence-electron chi connectivity index (χ0n) is 4.43. The van der Waals surface area contributed by atoms with Gasteiger partial charge in [-0.15, -0.1) is 0 Å². The van der Waals surface area contributed by atoms with Crippen molar-refractivity contribution in [1.82, 2.24) is 5.48 Å². The van der Waals surface area contributed by atoms with E-state index in [-0.39, 0.29) is 5.78 Å². The third-order valence-electron chi connectivity index (χ3n) is 0.803. The largest absolute Gasteiger partial charge is 0.316 e. The zero-order chi connectivity index (χ0) is 5.86. The number of hydrogen-bond acceptors (Lipinski definition) is 3. The van der Waals surface area contributed by atoms with E-state index in [4.69, 9.17) is 5.21 Å². The summed E-state index contributed by atoms with van der Waals surface area (Å²) in [5.41, 5.74) is 1.81. The maximum atomic E-state index is 10.2. The molecule has 0 saturated carbocycles. The third-order valence-corrected chi connectivity index (χ3v) is 0.803. The fourth-order valence-electron chi connectivity index (χ4n) is 0.0909. The summed E-state index contributed by atoms with van der Waals surface area (Å²) in [6, 6.07) is -0.431. The number of carbonyl (C=O) groups is 1. The van der Waals surface area contributed by atoms with Crippen LogP contribution in [0.15, 0.2) is 0 Å². The second kappa shape index (κ2) is 2.71. The van der Waals surface area contributed by atoms with E-state index >= 15 is 0 Å². The number of ketones is 1. The van der Waals surface area contributed by atoms with Crippen molar-refractivity contribution in [2.75, 3.05) is 0 Å². The van der Waals surface area contributed by atoms with Crippen LogP contribution in [-0.4, -0.2) is 17.0 Å². The van der Waals surface area contributed by atoms with Crippen LogP contribution in [0.5, 0.6) is 0 Å². The zero-order valence-corrected chi connectivity index (χ0v) is 4.43. The predicted octanol–water partition coefficient (Wildman–Crippen LogP) is -0.0573. The minimum Gasteiger partial charge on any atom is -0.316 e. The number of hydrogen-bond donors (Lipinski definition) is 2. The molecule has 3 heteroatoms. The maximum Gasteiger partial charge on any atom is 0.148 e. The average Bonchev–Trinajstić information content (AvgIpc) is 1.65. The van der Waals surface area contributed by atoms with Crippen molar-refractivity contribution < 1.29 is 10.0 Å². The summed E-state index contributed by atoms with van der Waals surface area (Å²) >= 11 is 0. The van der Waals surface area contributed by atoms with Gasteiger partial charge in [0, 0.05) is 0 Å². The van der Waals surface area contributed by atoms with Crippen LogP contribution in [0.2, 0.25) is 0 Å². The van der Waals surface area contributed by atoms with Gasteiger partial charge in [0.05, 0.1) is 6.04 Å². The first kappa shape index (κ1) is 6.59. The SMILES string of the molecule is CC(=O)C(C)NO. The summed E-state index contributed by atoms with van der Waals surface area (Å²) in [5, 5.41) is 8.03. The molecule has 42 valence electrons. The molecule has 1 unspecified atom stereocenters. The minimum absolute atomic E-state index is 0.0671. The molecule has 0 aliphatic rings. The van der Waals surface area contributed by atoms with Crippen LogP contribution < -0.4 is 5.48 Å². The molecule has 0 aromatic rings. The molecule has 0 radical (unpaired) electrons. The van der Waals surface area contributed by atoms with Crippen LogP contribution in [0.3, 0.4) is 0 Å². The fourth-order valence-corrected chi connectivity index (χ4v) is 0.0909. The topological polar surface area (TPSA) is 49.3 Å². The minimum atomic E-state index is -0.431. The molecule has 0 aliphatic carbocycles. The normalized spacial score (nSPS) is 13.6. The lowest BCUT2D eigenvalue weighted by Crippen LogP contribution is -2.28. The van der Waals surface area contributed by atoms with Gasteiger partial charge in [0.15, 0.2) is 0 Å². The van der Waals surface area contributed by atoms with Crippen LogP contribution in [0.4, 0.5) is 0 Å². The van der Waals surface area contributed by atoms with E-state index in [0.717, 1.165) is 0 Å². The molecule has 0 fully saturated rings. The Balaban J connectivity index is 3.34. The van der Waals surface area contributed by atoms with Crippen LogP contribution in [0.25, 0.3) is 0 Å². The molecule has 0 aromatic heterocycles. The van der Waals surface area contributed by atoms with Gasteiger partial charge >= 0.3 is 0 Å². The fraction of sp³-hybridized carbons (Fsp3) is 0.750. The molecular formula is C4H9NO2. The Morgan fingerprint density at radius 1 is 1.86 bits per heavy atom. The summed E-state index contributed by atoms with van der Waals surface area (Å²) in [7, 11) is 0. The Hall–Kier alpha value is -0.410. The van der Waals surface area contributed by atoms with Crippen LogP contribution in [0.1, 0.15) is 13.8 Å². The molecule has 0 bridgehead atoms. The van der Waals surface area contributed by atoms with Gasteiger partial charge in [0.2, 0.25) is 0 Å². The molecule has 0 spiro atoms. The van der Waals surface area contributed by atoms with Gasteiger partial charge in [-0.1, -0.05) is 0 Å². The highest BCUT2D eigenvalue weighted by atomic mass is 16.5. The highest BCUT2D eigenvalue weighted by Gasteiger charge is 2.01. The summed E-state index contributed by atoms with van der Waals surface area (Å²) < 4.78 is 0. The lowest BCUT2D eigenvalue weighted by molar-refractivity contribution is -0.120. The second-order valence-electron chi connectivity index (χ2n) is 1.46. The van der Waals surface area contributed by atoms with Crippen molar-refractivity contribution >= 4 is 5.78 Å². The standard InChI is InChI=1S/C4H9NO2/c1-3(5-7)4(2)6/h3,5,7H,1-2H3. The first-order valence-electron chi connectivity index (χ1n) is 2.08. The monoisotopic (exact) mass is 103 g/mol. The number of Topliss-reactive ketones (excluding diaryl/α,β-unsaturated/α-hetero) is 1. The average molecular weight is 103 g/mol. The lowest BCUT2D eigenvalue weighted by atomic mass is 10.3. The lowest BCUT2D eigenvalue weighted by Gasteiger charge is -1.99. The van der Waals surface area contributed by atoms with Crippen molar-refractivity contribution in [1.29, 1.82) is 0 Å². The van der Waals surface area contributed by atoms with Crippen molar-refractivity contribution in [2.45, 2.75) is 19.9 Å². The van der Waals surface area contributed by atoms with Gasteiger partial charge in [-0.3, -0.25) is 4.79 Å². The summed E-state index contributed by atoms with van der Waals surface area (Å²) in [6.07, 6.45) is 0. The Kier molecular flexibility index (Phi) is 2.55. The Morgan fingerprint density at radius 2 is 2.29 bits per heavy atom. The summed E-state index contributed by atoms with van der Waals surface area (Å²) in [4.78, 5) is 10.2. The van der Waals surface area contributed by atoms with E-state index in [9.17, 15) is 4.79 Å². The summed E-state index contributed by atoms with van der Waals surface area (Å²) in [5.74, 6) is -0.0671. The van der Waals surface area contributed by atoms with Crippen molar-refractivity contribution in [3.8, 4) is 0 Å². The molecule has 0 saturated heterocycles. The second-order valence-corrected chi connectivity index (χ2v) is 1.46. The molecule has 0 rings (SSSR count). The van der Waals surface area contributed by atoms with Crippen molar-refractivity contribution in [3.63, 3.8) is 0 Å². The van der Waals surface area contributed by atoms with Gasteiger partial charge in [-0.05, 0) is 13.8 Å². The van der Waals surface area contributed by atoms with E-state index in [2.05, 4.69) is 0 Å².